The van der Waals surface area contributed by atoms with Gasteiger partial charge in [0.25, 0.3) is 5.95 Å². The van der Waals surface area contributed by atoms with Gasteiger partial charge in [0.2, 0.25) is 23.0 Å². The zero-order chi connectivity index (χ0) is 17.0. The summed E-state index contributed by atoms with van der Waals surface area (Å²) in [6, 6.07) is 0.178. The zero-order valence-electron chi connectivity index (χ0n) is 13.4. The standard InChI is InChI=1S/C12H19N9OS/c1-7(2)15-9-16-10(20(3)4)18-11(17-9)21-6-14-12(19-21)23-5-8(13)22/h6-7H,5H2,1-4H3,(H2,13,22)(H,15,16,17,18). The lowest BCUT2D eigenvalue weighted by Gasteiger charge is -2.14. The Hall–Kier alpha value is -2.43. The third-order valence-electron chi connectivity index (χ3n) is 2.45. The fourth-order valence-corrected chi connectivity index (χ4v) is 2.06. The molecule has 11 heteroatoms. The van der Waals surface area contributed by atoms with Crippen molar-refractivity contribution in [3.8, 4) is 5.95 Å². The van der Waals surface area contributed by atoms with Crippen molar-refractivity contribution in [2.24, 2.45) is 5.73 Å². The average Bonchev–Trinajstić information content (AvgIpc) is 2.93. The summed E-state index contributed by atoms with van der Waals surface area (Å²) in [5.41, 5.74) is 5.11. The Bertz CT molecular complexity index is 685. The predicted molar refractivity (Wildman–Crippen MR) is 87.7 cm³/mol. The summed E-state index contributed by atoms with van der Waals surface area (Å²) in [5.74, 6) is 0.982. The van der Waals surface area contributed by atoms with Gasteiger partial charge in [-0.1, -0.05) is 11.8 Å². The molecule has 0 aromatic carbocycles. The van der Waals surface area contributed by atoms with Crippen LogP contribution < -0.4 is 16.0 Å². The highest BCUT2D eigenvalue weighted by Gasteiger charge is 2.13. The number of nitrogens with one attached hydrogen (secondary N) is 1. The molecule has 1 amide bonds. The van der Waals surface area contributed by atoms with E-state index in [0.717, 1.165) is 11.8 Å². The van der Waals surface area contributed by atoms with Gasteiger partial charge in [-0.3, -0.25) is 4.79 Å². The number of amides is 1. The van der Waals surface area contributed by atoms with Gasteiger partial charge < -0.3 is 16.0 Å². The van der Waals surface area contributed by atoms with E-state index in [0.29, 0.717) is 23.0 Å². The van der Waals surface area contributed by atoms with E-state index < -0.39 is 5.91 Å². The number of carbonyl (C=O) groups is 1. The molecular formula is C12H19N9OS. The van der Waals surface area contributed by atoms with Gasteiger partial charge in [-0.2, -0.15) is 19.6 Å². The minimum atomic E-state index is -0.426. The number of nitrogens with zero attached hydrogens (tertiary/aromatic N) is 7. The molecule has 2 heterocycles. The SMILES string of the molecule is CC(C)Nc1nc(N(C)C)nc(-n2cnc(SCC(N)=O)n2)n1. The Morgan fingerprint density at radius 3 is 2.74 bits per heavy atom. The fraction of sp³-hybridized carbons (Fsp3) is 0.500. The zero-order valence-corrected chi connectivity index (χ0v) is 14.2. The van der Waals surface area contributed by atoms with Gasteiger partial charge in [0.05, 0.1) is 5.75 Å². The van der Waals surface area contributed by atoms with Crippen LogP contribution in [0.5, 0.6) is 0 Å². The summed E-state index contributed by atoms with van der Waals surface area (Å²) in [4.78, 5) is 29.7. The molecule has 2 rings (SSSR count). The molecule has 0 spiro atoms. The van der Waals surface area contributed by atoms with Crippen LogP contribution in [-0.2, 0) is 4.79 Å². The Kier molecular flexibility index (Phi) is 5.32. The first kappa shape index (κ1) is 16.9. The van der Waals surface area contributed by atoms with Gasteiger partial charge >= 0.3 is 0 Å². The molecule has 0 fully saturated rings. The van der Waals surface area contributed by atoms with E-state index in [2.05, 4.69) is 30.4 Å². The summed E-state index contributed by atoms with van der Waals surface area (Å²) < 4.78 is 1.43. The van der Waals surface area contributed by atoms with Crippen LogP contribution in [0.25, 0.3) is 5.95 Å². The number of anilines is 2. The smallest absolute Gasteiger partial charge is 0.258 e. The molecule has 0 aliphatic carbocycles. The lowest BCUT2D eigenvalue weighted by molar-refractivity contribution is -0.115. The molecule has 0 saturated heterocycles. The van der Waals surface area contributed by atoms with Gasteiger partial charge in [0.1, 0.15) is 6.33 Å². The van der Waals surface area contributed by atoms with Crippen molar-refractivity contribution in [3.63, 3.8) is 0 Å². The first-order valence-electron chi connectivity index (χ1n) is 6.88. The third kappa shape index (κ3) is 4.77. The molecular weight excluding hydrogens is 318 g/mol. The number of primary amides is 1. The highest BCUT2D eigenvalue weighted by atomic mass is 32.2. The summed E-state index contributed by atoms with van der Waals surface area (Å²) in [6.45, 7) is 3.99. The highest BCUT2D eigenvalue weighted by Crippen LogP contribution is 2.15. The number of thioether (sulfide) groups is 1. The molecule has 23 heavy (non-hydrogen) atoms. The topological polar surface area (TPSA) is 128 Å². The molecule has 0 bridgehead atoms. The van der Waals surface area contributed by atoms with Crippen molar-refractivity contribution >= 4 is 29.6 Å². The molecule has 3 N–H and O–H groups in total. The molecule has 0 aliphatic heterocycles. The molecule has 0 saturated carbocycles. The summed E-state index contributed by atoms with van der Waals surface area (Å²) in [6.07, 6.45) is 1.48. The molecule has 2 aromatic heterocycles. The maximum absolute atomic E-state index is 10.8. The van der Waals surface area contributed by atoms with E-state index in [1.807, 2.05) is 27.9 Å². The minimum absolute atomic E-state index is 0.115. The average molecular weight is 337 g/mol. The van der Waals surface area contributed by atoms with E-state index in [1.54, 1.807) is 4.90 Å². The number of hydrogen-bond acceptors (Lipinski definition) is 9. The molecule has 0 unspecified atom stereocenters. The van der Waals surface area contributed by atoms with E-state index in [4.69, 9.17) is 5.73 Å². The quantitative estimate of drug-likeness (QED) is 0.666. The largest absolute Gasteiger partial charge is 0.369 e. The Labute approximate surface area is 137 Å². The second kappa shape index (κ2) is 7.22. The second-order valence-electron chi connectivity index (χ2n) is 5.18. The maximum Gasteiger partial charge on any atom is 0.258 e. The van der Waals surface area contributed by atoms with Gasteiger partial charge in [-0.05, 0) is 13.8 Å². The van der Waals surface area contributed by atoms with E-state index in [1.165, 1.54) is 11.0 Å². The Balaban J connectivity index is 2.30. The van der Waals surface area contributed by atoms with Crippen molar-refractivity contribution in [2.75, 3.05) is 30.1 Å². The van der Waals surface area contributed by atoms with Crippen molar-refractivity contribution in [1.82, 2.24) is 29.7 Å². The molecule has 10 nitrogen and oxygen atoms in total. The van der Waals surface area contributed by atoms with Gasteiger partial charge in [0, 0.05) is 20.1 Å². The normalized spacial score (nSPS) is 10.8. The lowest BCUT2D eigenvalue weighted by Crippen LogP contribution is -2.19. The number of nitrogens with two attached hydrogens (primary N) is 1. The van der Waals surface area contributed by atoms with Crippen LogP contribution in [-0.4, -0.2) is 61.5 Å². The number of aromatic nitrogens is 6. The predicted octanol–water partition coefficient (Wildman–Crippen LogP) is -0.0840. The van der Waals surface area contributed by atoms with Crippen LogP contribution >= 0.6 is 11.8 Å². The van der Waals surface area contributed by atoms with Crippen LogP contribution in [0.4, 0.5) is 11.9 Å². The molecule has 2 aromatic rings. The highest BCUT2D eigenvalue weighted by molar-refractivity contribution is 7.99. The lowest BCUT2D eigenvalue weighted by atomic mass is 10.4. The number of hydrogen-bond donors (Lipinski definition) is 2. The fourth-order valence-electron chi connectivity index (χ4n) is 1.53. The number of rotatable bonds is 7. The first-order chi connectivity index (χ1) is 10.8. The van der Waals surface area contributed by atoms with E-state index in [9.17, 15) is 4.79 Å². The van der Waals surface area contributed by atoms with Crippen molar-refractivity contribution in [2.45, 2.75) is 25.0 Å². The Morgan fingerprint density at radius 2 is 2.13 bits per heavy atom. The van der Waals surface area contributed by atoms with E-state index >= 15 is 0 Å². The van der Waals surface area contributed by atoms with Crippen LogP contribution in [0.2, 0.25) is 0 Å². The molecule has 0 aliphatic rings. The van der Waals surface area contributed by atoms with Gasteiger partial charge in [-0.15, -0.1) is 5.10 Å². The second-order valence-corrected chi connectivity index (χ2v) is 6.12. The molecule has 0 atom stereocenters. The van der Waals surface area contributed by atoms with Crippen LogP contribution in [0.15, 0.2) is 11.5 Å². The molecule has 124 valence electrons. The minimum Gasteiger partial charge on any atom is -0.369 e. The van der Waals surface area contributed by atoms with Crippen molar-refractivity contribution in [3.05, 3.63) is 6.33 Å². The van der Waals surface area contributed by atoms with Crippen molar-refractivity contribution in [1.29, 1.82) is 0 Å². The van der Waals surface area contributed by atoms with Gasteiger partial charge in [-0.25, -0.2) is 4.98 Å². The van der Waals surface area contributed by atoms with Gasteiger partial charge in [0.15, 0.2) is 0 Å². The monoisotopic (exact) mass is 337 g/mol. The summed E-state index contributed by atoms with van der Waals surface area (Å²) >= 11 is 1.15. The Morgan fingerprint density at radius 1 is 1.39 bits per heavy atom. The maximum atomic E-state index is 10.8. The third-order valence-corrected chi connectivity index (χ3v) is 3.32. The first-order valence-corrected chi connectivity index (χ1v) is 7.87. The summed E-state index contributed by atoms with van der Waals surface area (Å²) in [5, 5.41) is 7.80. The van der Waals surface area contributed by atoms with E-state index in [-0.39, 0.29) is 11.8 Å². The number of carbonyl (C=O) groups excluding carboxylic acids is 1. The van der Waals surface area contributed by atoms with Crippen molar-refractivity contribution < 1.29 is 4.79 Å². The molecule has 0 radical (unpaired) electrons. The van der Waals surface area contributed by atoms with Crippen LogP contribution in [0, 0.1) is 0 Å². The summed E-state index contributed by atoms with van der Waals surface area (Å²) in [7, 11) is 3.68. The van der Waals surface area contributed by atoms with Crippen LogP contribution in [0.1, 0.15) is 13.8 Å². The van der Waals surface area contributed by atoms with Crippen LogP contribution in [0.3, 0.4) is 0 Å².